The number of carbonyl (C=O) groups excluding carboxylic acids is 2. The van der Waals surface area contributed by atoms with Crippen molar-refractivity contribution in [3.8, 4) is 0 Å². The number of amides is 2. The van der Waals surface area contributed by atoms with E-state index in [2.05, 4.69) is 22.3 Å². The van der Waals surface area contributed by atoms with Crippen LogP contribution in [0.5, 0.6) is 0 Å². The largest absolute Gasteiger partial charge is 0.368 e. The van der Waals surface area contributed by atoms with Gasteiger partial charge in [0.1, 0.15) is 5.82 Å². The minimum absolute atomic E-state index is 0.0433. The van der Waals surface area contributed by atoms with E-state index in [-0.39, 0.29) is 17.6 Å². The molecule has 29 heavy (non-hydrogen) atoms. The van der Waals surface area contributed by atoms with Gasteiger partial charge in [-0.05, 0) is 42.7 Å². The summed E-state index contributed by atoms with van der Waals surface area (Å²) in [5.74, 6) is -0.166. The van der Waals surface area contributed by atoms with Crippen molar-refractivity contribution in [2.75, 3.05) is 37.6 Å². The SMILES string of the molecule is O=C(CCc1ccc(F)cc1)NCCCC(=O)N1CCN(c2ccccc2)CC1. The van der Waals surface area contributed by atoms with Crippen LogP contribution >= 0.6 is 0 Å². The molecule has 0 aliphatic carbocycles. The van der Waals surface area contributed by atoms with E-state index in [0.29, 0.717) is 32.2 Å². The van der Waals surface area contributed by atoms with Gasteiger partial charge < -0.3 is 15.1 Å². The molecule has 1 N–H and O–H groups in total. The molecule has 0 aromatic heterocycles. The molecule has 6 heteroatoms. The number of halogens is 1. The van der Waals surface area contributed by atoms with Gasteiger partial charge in [-0.15, -0.1) is 0 Å². The maximum Gasteiger partial charge on any atom is 0.222 e. The molecule has 0 bridgehead atoms. The van der Waals surface area contributed by atoms with E-state index >= 15 is 0 Å². The monoisotopic (exact) mass is 397 g/mol. The molecule has 1 aliphatic rings. The first-order chi connectivity index (χ1) is 14.1. The van der Waals surface area contributed by atoms with Gasteiger partial charge in [0, 0.05) is 51.3 Å². The molecule has 2 amide bonds. The minimum Gasteiger partial charge on any atom is -0.368 e. The summed E-state index contributed by atoms with van der Waals surface area (Å²) in [6.07, 6.45) is 2.03. The number of benzene rings is 2. The van der Waals surface area contributed by atoms with Gasteiger partial charge in [0.25, 0.3) is 0 Å². The third-order valence-electron chi connectivity index (χ3n) is 5.20. The molecule has 0 unspecified atom stereocenters. The van der Waals surface area contributed by atoms with Crippen LogP contribution in [0.1, 0.15) is 24.8 Å². The zero-order valence-corrected chi connectivity index (χ0v) is 16.6. The van der Waals surface area contributed by atoms with Crippen LogP contribution in [0.3, 0.4) is 0 Å². The number of anilines is 1. The lowest BCUT2D eigenvalue weighted by atomic mass is 10.1. The van der Waals surface area contributed by atoms with E-state index in [4.69, 9.17) is 0 Å². The van der Waals surface area contributed by atoms with Crippen LogP contribution < -0.4 is 10.2 Å². The number of hydrogen-bond acceptors (Lipinski definition) is 3. The second-order valence-corrected chi connectivity index (χ2v) is 7.28. The van der Waals surface area contributed by atoms with Crippen LogP contribution in [0.15, 0.2) is 54.6 Å². The van der Waals surface area contributed by atoms with Gasteiger partial charge in [-0.2, -0.15) is 0 Å². The lowest BCUT2D eigenvalue weighted by Gasteiger charge is -2.36. The average molecular weight is 397 g/mol. The van der Waals surface area contributed by atoms with E-state index in [1.807, 2.05) is 23.1 Å². The fourth-order valence-corrected chi connectivity index (χ4v) is 3.48. The second-order valence-electron chi connectivity index (χ2n) is 7.28. The number of rotatable bonds is 8. The van der Waals surface area contributed by atoms with Crippen molar-refractivity contribution < 1.29 is 14.0 Å². The second kappa shape index (κ2) is 10.6. The van der Waals surface area contributed by atoms with Crippen molar-refractivity contribution >= 4 is 17.5 Å². The summed E-state index contributed by atoms with van der Waals surface area (Å²) in [5.41, 5.74) is 2.13. The lowest BCUT2D eigenvalue weighted by molar-refractivity contribution is -0.131. The van der Waals surface area contributed by atoms with Crippen LogP contribution in [-0.4, -0.2) is 49.4 Å². The Labute approximate surface area is 171 Å². The van der Waals surface area contributed by atoms with E-state index < -0.39 is 0 Å². The number of nitrogens with one attached hydrogen (secondary N) is 1. The van der Waals surface area contributed by atoms with Crippen LogP contribution in [0.2, 0.25) is 0 Å². The number of para-hydroxylation sites is 1. The smallest absolute Gasteiger partial charge is 0.222 e. The molecule has 2 aromatic carbocycles. The summed E-state index contributed by atoms with van der Waals surface area (Å²) in [4.78, 5) is 28.5. The Morgan fingerprint density at radius 1 is 0.897 bits per heavy atom. The molecule has 3 rings (SSSR count). The van der Waals surface area contributed by atoms with Crippen molar-refractivity contribution in [1.29, 1.82) is 0 Å². The van der Waals surface area contributed by atoms with Gasteiger partial charge in [0.2, 0.25) is 11.8 Å². The molecule has 0 radical (unpaired) electrons. The standard InChI is InChI=1S/C23H28FN3O2/c24-20-11-8-19(9-12-20)10-13-22(28)25-14-4-7-23(29)27-17-15-26(16-18-27)21-5-2-1-3-6-21/h1-3,5-6,8-9,11-12H,4,7,10,13-18H2,(H,25,28). The van der Waals surface area contributed by atoms with Crippen LogP contribution in [0.25, 0.3) is 0 Å². The molecular formula is C23H28FN3O2. The highest BCUT2D eigenvalue weighted by molar-refractivity contribution is 5.77. The van der Waals surface area contributed by atoms with Gasteiger partial charge in [0.15, 0.2) is 0 Å². The molecule has 1 aliphatic heterocycles. The molecule has 5 nitrogen and oxygen atoms in total. The van der Waals surface area contributed by atoms with Crippen molar-refractivity contribution in [3.63, 3.8) is 0 Å². The van der Waals surface area contributed by atoms with Crippen molar-refractivity contribution in [2.24, 2.45) is 0 Å². The van der Waals surface area contributed by atoms with Crippen LogP contribution in [-0.2, 0) is 16.0 Å². The Hall–Kier alpha value is -2.89. The number of piperazine rings is 1. The maximum absolute atomic E-state index is 12.9. The summed E-state index contributed by atoms with van der Waals surface area (Å²) >= 11 is 0. The van der Waals surface area contributed by atoms with E-state index in [0.717, 1.165) is 31.7 Å². The molecule has 1 saturated heterocycles. The minimum atomic E-state index is -0.274. The van der Waals surface area contributed by atoms with Gasteiger partial charge in [-0.3, -0.25) is 9.59 Å². The van der Waals surface area contributed by atoms with Crippen LogP contribution in [0, 0.1) is 5.82 Å². The third-order valence-corrected chi connectivity index (χ3v) is 5.20. The Morgan fingerprint density at radius 3 is 2.28 bits per heavy atom. The molecule has 154 valence electrons. The van der Waals surface area contributed by atoms with E-state index in [1.54, 1.807) is 12.1 Å². The normalized spacial score (nSPS) is 14.0. The van der Waals surface area contributed by atoms with Gasteiger partial charge in [-0.25, -0.2) is 4.39 Å². The zero-order valence-electron chi connectivity index (χ0n) is 16.6. The predicted molar refractivity (Wildman–Crippen MR) is 112 cm³/mol. The van der Waals surface area contributed by atoms with Crippen molar-refractivity contribution in [3.05, 3.63) is 66.0 Å². The highest BCUT2D eigenvalue weighted by atomic mass is 19.1. The van der Waals surface area contributed by atoms with Crippen molar-refractivity contribution in [1.82, 2.24) is 10.2 Å². The van der Waals surface area contributed by atoms with Crippen LogP contribution in [0.4, 0.5) is 10.1 Å². The number of nitrogens with zero attached hydrogens (tertiary/aromatic N) is 2. The predicted octanol–water partition coefficient (Wildman–Crippen LogP) is 3.00. The summed E-state index contributed by atoms with van der Waals surface area (Å²) in [6, 6.07) is 16.4. The molecule has 0 atom stereocenters. The lowest BCUT2D eigenvalue weighted by Crippen LogP contribution is -2.48. The molecule has 1 heterocycles. The first kappa shape index (κ1) is 20.8. The first-order valence-corrected chi connectivity index (χ1v) is 10.2. The van der Waals surface area contributed by atoms with E-state index in [1.165, 1.54) is 17.8 Å². The number of hydrogen-bond donors (Lipinski definition) is 1. The van der Waals surface area contributed by atoms with Crippen molar-refractivity contribution in [2.45, 2.75) is 25.7 Å². The fraction of sp³-hybridized carbons (Fsp3) is 0.391. The zero-order chi connectivity index (χ0) is 20.5. The quantitative estimate of drug-likeness (QED) is 0.697. The Bertz CT molecular complexity index is 788. The Kier molecular flexibility index (Phi) is 7.61. The Balaban J connectivity index is 1.28. The fourth-order valence-electron chi connectivity index (χ4n) is 3.48. The molecule has 0 saturated carbocycles. The van der Waals surface area contributed by atoms with Gasteiger partial charge in [-0.1, -0.05) is 30.3 Å². The van der Waals surface area contributed by atoms with E-state index in [9.17, 15) is 14.0 Å². The molecular weight excluding hydrogens is 369 g/mol. The highest BCUT2D eigenvalue weighted by Gasteiger charge is 2.20. The molecule has 1 fully saturated rings. The summed E-state index contributed by atoms with van der Waals surface area (Å²) < 4.78 is 12.9. The molecule has 0 spiro atoms. The number of aryl methyl sites for hydroxylation is 1. The summed E-state index contributed by atoms with van der Waals surface area (Å²) in [5, 5.41) is 2.86. The Morgan fingerprint density at radius 2 is 1.59 bits per heavy atom. The number of carbonyl (C=O) groups is 2. The summed E-state index contributed by atoms with van der Waals surface area (Å²) in [6.45, 7) is 3.65. The highest BCUT2D eigenvalue weighted by Crippen LogP contribution is 2.16. The van der Waals surface area contributed by atoms with Gasteiger partial charge in [0.05, 0.1) is 0 Å². The average Bonchev–Trinajstić information content (AvgIpc) is 2.77. The molecule has 2 aromatic rings. The van der Waals surface area contributed by atoms with Gasteiger partial charge >= 0.3 is 0 Å². The maximum atomic E-state index is 12.9. The summed E-state index contributed by atoms with van der Waals surface area (Å²) in [7, 11) is 0. The topological polar surface area (TPSA) is 52.7 Å². The first-order valence-electron chi connectivity index (χ1n) is 10.2. The third kappa shape index (κ3) is 6.59.